The second-order valence-electron chi connectivity index (χ2n) is 8.65. The summed E-state index contributed by atoms with van der Waals surface area (Å²) < 4.78 is 11.4. The Hall–Kier alpha value is -2.34. The molecule has 1 N–H and O–H groups in total. The largest absolute Gasteiger partial charge is 0.480 e. The topological polar surface area (TPSA) is 80.0 Å². The highest BCUT2D eigenvalue weighted by Crippen LogP contribution is 2.40. The van der Waals surface area contributed by atoms with Crippen LogP contribution in [0.25, 0.3) is 11.0 Å². The first-order valence-electron chi connectivity index (χ1n) is 10.5. The lowest BCUT2D eigenvalue weighted by Gasteiger charge is -2.47. The molecule has 2 aromatic rings. The molecule has 2 aliphatic rings. The minimum absolute atomic E-state index is 0.0668. The van der Waals surface area contributed by atoms with Crippen molar-refractivity contribution in [2.24, 2.45) is 5.92 Å². The summed E-state index contributed by atoms with van der Waals surface area (Å²) in [6.45, 7) is 6.60. The molecule has 4 rings (SSSR count). The Morgan fingerprint density at radius 2 is 2.10 bits per heavy atom. The Labute approximate surface area is 170 Å². The molecule has 0 unspecified atom stereocenters. The Balaban J connectivity index is 1.51. The molecule has 3 atom stereocenters. The zero-order valence-corrected chi connectivity index (χ0v) is 17.4. The summed E-state index contributed by atoms with van der Waals surface area (Å²) in [7, 11) is 0. The van der Waals surface area contributed by atoms with Crippen LogP contribution in [0.4, 0.5) is 0 Å². The molecule has 6 heteroatoms. The van der Waals surface area contributed by atoms with Crippen molar-refractivity contribution in [1.82, 2.24) is 4.90 Å². The molecule has 156 valence electrons. The summed E-state index contributed by atoms with van der Waals surface area (Å²) in [5.74, 6) is 0.627. The van der Waals surface area contributed by atoms with Crippen LogP contribution < -0.4 is 10.4 Å². The van der Waals surface area contributed by atoms with Gasteiger partial charge in [0, 0.05) is 36.0 Å². The number of aryl methyl sites for hydroxylation is 2. The lowest BCUT2D eigenvalue weighted by molar-refractivity contribution is -0.149. The Kier molecular flexibility index (Phi) is 5.15. The minimum atomic E-state index is -0.655. The fraction of sp³-hybridized carbons (Fsp3) is 0.565. The van der Waals surface area contributed by atoms with E-state index in [-0.39, 0.29) is 11.8 Å². The third-order valence-corrected chi connectivity index (χ3v) is 6.71. The second-order valence-corrected chi connectivity index (χ2v) is 8.65. The number of likely N-dealkylation sites (tertiary alicyclic amines) is 1. The van der Waals surface area contributed by atoms with Crippen LogP contribution in [0.5, 0.6) is 5.75 Å². The maximum atomic E-state index is 13.0. The Bertz CT molecular complexity index is 997. The number of benzene rings is 1. The van der Waals surface area contributed by atoms with Crippen LogP contribution in [-0.2, 0) is 4.79 Å². The molecule has 2 heterocycles. The number of hydrogen-bond acceptors (Lipinski definition) is 5. The van der Waals surface area contributed by atoms with E-state index in [0.29, 0.717) is 36.4 Å². The van der Waals surface area contributed by atoms with Crippen LogP contribution in [0, 0.1) is 19.8 Å². The molecule has 2 fully saturated rings. The first kappa shape index (κ1) is 20.0. The summed E-state index contributed by atoms with van der Waals surface area (Å²) in [5, 5.41) is 11.7. The average molecular weight is 399 g/mol. The predicted octanol–water partition coefficient (Wildman–Crippen LogP) is 3.33. The smallest absolute Gasteiger partial charge is 0.336 e. The number of fused-ring (bicyclic) bond motifs is 2. The molecule has 1 amide bonds. The molecule has 1 aromatic carbocycles. The van der Waals surface area contributed by atoms with Crippen LogP contribution in [0.15, 0.2) is 27.4 Å². The van der Waals surface area contributed by atoms with E-state index in [1.807, 2.05) is 30.9 Å². The number of carbonyl (C=O) groups is 1. The Morgan fingerprint density at radius 1 is 1.31 bits per heavy atom. The van der Waals surface area contributed by atoms with Gasteiger partial charge in [0.05, 0.1) is 5.60 Å². The van der Waals surface area contributed by atoms with Gasteiger partial charge in [0.2, 0.25) is 0 Å². The normalized spacial score (nSPS) is 25.5. The van der Waals surface area contributed by atoms with Crippen molar-refractivity contribution in [2.45, 2.75) is 64.6 Å². The van der Waals surface area contributed by atoms with Gasteiger partial charge in [0.1, 0.15) is 11.3 Å². The molecule has 1 saturated heterocycles. The lowest BCUT2D eigenvalue weighted by Crippen LogP contribution is -2.56. The quantitative estimate of drug-likeness (QED) is 0.801. The van der Waals surface area contributed by atoms with Gasteiger partial charge in [-0.15, -0.1) is 0 Å². The van der Waals surface area contributed by atoms with Gasteiger partial charge >= 0.3 is 5.63 Å². The van der Waals surface area contributed by atoms with Crippen molar-refractivity contribution < 1.29 is 19.1 Å². The SMILES string of the molecule is Cc1cc(=O)oc2c(C)c(O[C@H](C)C(=O)N3CC[C@]4(O)CCCC[C@H]4C3)ccc12. The van der Waals surface area contributed by atoms with E-state index in [2.05, 4.69) is 0 Å². The van der Waals surface area contributed by atoms with Gasteiger partial charge in [-0.25, -0.2) is 4.79 Å². The summed E-state index contributed by atoms with van der Waals surface area (Å²) >= 11 is 0. The van der Waals surface area contributed by atoms with E-state index in [0.717, 1.165) is 36.6 Å². The molecule has 6 nitrogen and oxygen atoms in total. The van der Waals surface area contributed by atoms with Crippen LogP contribution in [0.2, 0.25) is 0 Å². The fourth-order valence-electron chi connectivity index (χ4n) is 4.90. The zero-order valence-electron chi connectivity index (χ0n) is 17.4. The number of hydrogen-bond donors (Lipinski definition) is 1. The van der Waals surface area contributed by atoms with Crippen molar-refractivity contribution in [2.75, 3.05) is 13.1 Å². The molecule has 0 bridgehead atoms. The molecular weight excluding hydrogens is 370 g/mol. The molecule has 1 aliphatic carbocycles. The van der Waals surface area contributed by atoms with Gasteiger partial charge in [-0.3, -0.25) is 4.79 Å². The van der Waals surface area contributed by atoms with E-state index < -0.39 is 17.3 Å². The van der Waals surface area contributed by atoms with Gasteiger partial charge in [0.15, 0.2) is 6.10 Å². The molecule has 29 heavy (non-hydrogen) atoms. The maximum absolute atomic E-state index is 13.0. The summed E-state index contributed by atoms with van der Waals surface area (Å²) in [6.07, 6.45) is 3.97. The lowest BCUT2D eigenvalue weighted by atomic mass is 9.71. The van der Waals surface area contributed by atoms with Crippen molar-refractivity contribution in [3.8, 4) is 5.75 Å². The number of aliphatic hydroxyl groups is 1. The van der Waals surface area contributed by atoms with E-state index in [9.17, 15) is 14.7 Å². The first-order valence-corrected chi connectivity index (χ1v) is 10.5. The third-order valence-electron chi connectivity index (χ3n) is 6.71. The van der Waals surface area contributed by atoms with Gasteiger partial charge in [0.25, 0.3) is 5.91 Å². The number of rotatable bonds is 3. The predicted molar refractivity (Wildman–Crippen MR) is 110 cm³/mol. The van der Waals surface area contributed by atoms with Crippen LogP contribution in [0.3, 0.4) is 0 Å². The highest BCUT2D eigenvalue weighted by molar-refractivity contribution is 5.85. The van der Waals surface area contributed by atoms with Crippen LogP contribution in [0.1, 0.15) is 50.2 Å². The van der Waals surface area contributed by atoms with E-state index in [1.165, 1.54) is 6.07 Å². The van der Waals surface area contributed by atoms with E-state index in [4.69, 9.17) is 9.15 Å². The van der Waals surface area contributed by atoms with Gasteiger partial charge in [-0.05, 0) is 57.7 Å². The average Bonchev–Trinajstić information content (AvgIpc) is 2.69. The van der Waals surface area contributed by atoms with E-state index in [1.54, 1.807) is 6.92 Å². The minimum Gasteiger partial charge on any atom is -0.480 e. The van der Waals surface area contributed by atoms with Crippen molar-refractivity contribution in [1.29, 1.82) is 0 Å². The zero-order chi connectivity index (χ0) is 20.8. The molecule has 1 aliphatic heterocycles. The van der Waals surface area contributed by atoms with Crippen LogP contribution >= 0.6 is 0 Å². The number of nitrogens with zero attached hydrogens (tertiary/aromatic N) is 1. The summed E-state index contributed by atoms with van der Waals surface area (Å²) in [5.41, 5.74) is 1.06. The second kappa shape index (κ2) is 7.48. The third kappa shape index (κ3) is 3.66. The Morgan fingerprint density at radius 3 is 2.90 bits per heavy atom. The highest BCUT2D eigenvalue weighted by atomic mass is 16.5. The molecule has 0 spiro atoms. The molecular formula is C23H29NO5. The number of amides is 1. The summed E-state index contributed by atoms with van der Waals surface area (Å²) in [4.78, 5) is 26.6. The van der Waals surface area contributed by atoms with Gasteiger partial charge < -0.3 is 19.2 Å². The number of carbonyl (C=O) groups excluding carboxylic acids is 1. The maximum Gasteiger partial charge on any atom is 0.336 e. The first-order chi connectivity index (χ1) is 13.8. The van der Waals surface area contributed by atoms with Crippen molar-refractivity contribution >= 4 is 16.9 Å². The van der Waals surface area contributed by atoms with Crippen molar-refractivity contribution in [3.05, 3.63) is 39.7 Å². The van der Waals surface area contributed by atoms with Gasteiger partial charge in [-0.1, -0.05) is 12.8 Å². The van der Waals surface area contributed by atoms with Gasteiger partial charge in [-0.2, -0.15) is 0 Å². The molecule has 1 saturated carbocycles. The highest BCUT2D eigenvalue weighted by Gasteiger charge is 2.44. The molecule has 1 aromatic heterocycles. The fourth-order valence-corrected chi connectivity index (χ4v) is 4.90. The number of piperidine rings is 1. The van der Waals surface area contributed by atoms with E-state index >= 15 is 0 Å². The standard InChI is InChI=1S/C23H29NO5/c1-14-12-20(25)29-21-15(2)19(8-7-18(14)21)28-16(3)22(26)24-11-10-23(27)9-5-4-6-17(23)13-24/h7-8,12,16-17,27H,4-6,9-11,13H2,1-3H3/t16-,17+,23-/m1/s1. The van der Waals surface area contributed by atoms with Crippen LogP contribution in [-0.4, -0.2) is 40.7 Å². The molecule has 0 radical (unpaired) electrons. The summed E-state index contributed by atoms with van der Waals surface area (Å²) in [6, 6.07) is 5.15. The number of ether oxygens (including phenoxy) is 1. The van der Waals surface area contributed by atoms with Crippen molar-refractivity contribution in [3.63, 3.8) is 0 Å². The monoisotopic (exact) mass is 399 g/mol.